The first-order valence-corrected chi connectivity index (χ1v) is 13.5. The quantitative estimate of drug-likeness (QED) is 0.424. The van der Waals surface area contributed by atoms with Crippen LogP contribution in [0.4, 0.5) is 0 Å². The lowest BCUT2D eigenvalue weighted by molar-refractivity contribution is 0.182. The van der Waals surface area contributed by atoms with Crippen LogP contribution in [0.2, 0.25) is 0 Å². The Morgan fingerprint density at radius 3 is 2.60 bits per heavy atom. The molecule has 1 fully saturated rings. The Morgan fingerprint density at radius 2 is 1.80 bits per heavy atom. The number of rotatable bonds is 7. The fourth-order valence-electron chi connectivity index (χ4n) is 4.46. The summed E-state index contributed by atoms with van der Waals surface area (Å²) >= 11 is 0. The van der Waals surface area contributed by atoms with Gasteiger partial charge in [-0.1, -0.05) is 24.3 Å². The lowest BCUT2D eigenvalue weighted by Crippen LogP contribution is -2.47. The van der Waals surface area contributed by atoms with Crippen LogP contribution in [0.15, 0.2) is 60.8 Å². The summed E-state index contributed by atoms with van der Waals surface area (Å²) in [4.78, 5) is 14.6. The molecule has 0 bridgehead atoms. The van der Waals surface area contributed by atoms with Crippen molar-refractivity contribution in [1.82, 2.24) is 24.2 Å². The zero-order chi connectivity index (χ0) is 24.4. The molecule has 1 aliphatic heterocycles. The molecule has 5 rings (SSSR count). The van der Waals surface area contributed by atoms with Crippen LogP contribution in [0.5, 0.6) is 11.6 Å². The van der Waals surface area contributed by atoms with Crippen molar-refractivity contribution in [1.29, 1.82) is 0 Å². The second-order valence-corrected chi connectivity index (χ2v) is 11.0. The first kappa shape index (κ1) is 23.5. The summed E-state index contributed by atoms with van der Waals surface area (Å²) in [5.74, 6) is 1.95. The minimum absolute atomic E-state index is 0.515. The maximum atomic E-state index is 11.7. The third kappa shape index (κ3) is 5.87. The number of nitrogens with zero attached hydrogens (tertiary/aromatic N) is 4. The molecule has 3 heterocycles. The SMILES string of the molecule is Cc1cc2cc(Oc3ccnc(Cc4cccc(CN5CCN(S(C)(=O)=O)CC5)c4)n3)ccc2[nH]1. The number of benzene rings is 2. The molecule has 0 radical (unpaired) electrons. The molecule has 0 spiro atoms. The highest BCUT2D eigenvalue weighted by atomic mass is 32.2. The van der Waals surface area contributed by atoms with Crippen molar-refractivity contribution in [3.8, 4) is 11.6 Å². The Hall–Kier alpha value is -3.27. The Balaban J connectivity index is 1.22. The Kier molecular flexibility index (Phi) is 6.55. The van der Waals surface area contributed by atoms with Crippen molar-refractivity contribution in [2.45, 2.75) is 19.9 Å². The number of sulfonamides is 1. The molecule has 35 heavy (non-hydrogen) atoms. The van der Waals surface area contributed by atoms with Gasteiger partial charge in [0.2, 0.25) is 15.9 Å². The predicted octanol–water partition coefficient (Wildman–Crippen LogP) is 3.73. The van der Waals surface area contributed by atoms with Crippen molar-refractivity contribution >= 4 is 20.9 Å². The maximum Gasteiger partial charge on any atom is 0.222 e. The number of hydrogen-bond acceptors (Lipinski definition) is 6. The summed E-state index contributed by atoms with van der Waals surface area (Å²) in [6.45, 7) is 5.36. The third-order valence-electron chi connectivity index (χ3n) is 6.19. The number of aryl methyl sites for hydroxylation is 1. The second-order valence-electron chi connectivity index (χ2n) is 9.05. The van der Waals surface area contributed by atoms with E-state index in [2.05, 4.69) is 44.1 Å². The highest BCUT2D eigenvalue weighted by Gasteiger charge is 2.23. The standard InChI is InChI=1S/C26H29N5O3S/c1-19-14-22-17-23(6-7-24(22)28-19)34-26-8-9-27-25(29-26)16-20-4-3-5-21(15-20)18-30-10-12-31(13-11-30)35(2,32)33/h3-9,14-15,17,28H,10-13,16,18H2,1-2H3. The lowest BCUT2D eigenvalue weighted by atomic mass is 10.1. The summed E-state index contributed by atoms with van der Waals surface area (Å²) in [7, 11) is -3.11. The van der Waals surface area contributed by atoms with Crippen molar-refractivity contribution in [2.75, 3.05) is 32.4 Å². The van der Waals surface area contributed by atoms with Gasteiger partial charge >= 0.3 is 0 Å². The molecule has 182 valence electrons. The molecule has 4 aromatic rings. The minimum Gasteiger partial charge on any atom is -0.439 e. The Morgan fingerprint density at radius 1 is 1.00 bits per heavy atom. The monoisotopic (exact) mass is 491 g/mol. The van der Waals surface area contributed by atoms with Crippen molar-refractivity contribution in [3.63, 3.8) is 0 Å². The van der Waals surface area contributed by atoms with E-state index in [1.54, 1.807) is 16.6 Å². The van der Waals surface area contributed by atoms with E-state index in [0.717, 1.165) is 47.5 Å². The van der Waals surface area contributed by atoms with Gasteiger partial charge in [0.25, 0.3) is 0 Å². The average molecular weight is 492 g/mol. The van der Waals surface area contributed by atoms with Gasteiger partial charge in [-0.15, -0.1) is 0 Å². The number of aromatic amines is 1. The number of H-pyrrole nitrogens is 1. The largest absolute Gasteiger partial charge is 0.439 e. The number of nitrogens with one attached hydrogen (secondary N) is 1. The molecule has 0 aliphatic carbocycles. The summed E-state index contributed by atoms with van der Waals surface area (Å²) < 4.78 is 31.0. The van der Waals surface area contributed by atoms with Crippen molar-refractivity contribution in [2.24, 2.45) is 0 Å². The average Bonchev–Trinajstić information content (AvgIpc) is 3.19. The molecule has 0 amide bonds. The highest BCUT2D eigenvalue weighted by molar-refractivity contribution is 7.88. The zero-order valence-corrected chi connectivity index (χ0v) is 20.8. The molecule has 0 saturated carbocycles. The predicted molar refractivity (Wildman–Crippen MR) is 136 cm³/mol. The van der Waals surface area contributed by atoms with Gasteiger partial charge in [-0.25, -0.2) is 13.4 Å². The summed E-state index contributed by atoms with van der Waals surface area (Å²) in [6, 6.07) is 18.2. The maximum absolute atomic E-state index is 11.7. The van der Waals surface area contributed by atoms with Crippen LogP contribution in [0.1, 0.15) is 22.6 Å². The Bertz CT molecular complexity index is 1440. The van der Waals surface area contributed by atoms with Gasteiger partial charge in [-0.05, 0) is 42.3 Å². The summed E-state index contributed by atoms with van der Waals surface area (Å²) in [5, 5.41) is 1.10. The Labute approximate surface area is 205 Å². The molecule has 9 heteroatoms. The smallest absolute Gasteiger partial charge is 0.222 e. The lowest BCUT2D eigenvalue weighted by Gasteiger charge is -2.33. The third-order valence-corrected chi connectivity index (χ3v) is 7.49. The van der Waals surface area contributed by atoms with Crippen molar-refractivity contribution in [3.05, 3.63) is 83.4 Å². The van der Waals surface area contributed by atoms with E-state index >= 15 is 0 Å². The van der Waals surface area contributed by atoms with Gasteiger partial charge in [0.1, 0.15) is 11.6 Å². The van der Waals surface area contributed by atoms with Crippen LogP contribution in [0, 0.1) is 6.92 Å². The molecular weight excluding hydrogens is 462 g/mol. The topological polar surface area (TPSA) is 91.4 Å². The molecule has 1 saturated heterocycles. The number of fused-ring (bicyclic) bond motifs is 1. The second kappa shape index (κ2) is 9.77. The van der Waals surface area contributed by atoms with Crippen LogP contribution in [0.25, 0.3) is 10.9 Å². The summed E-state index contributed by atoms with van der Waals surface area (Å²) in [6.07, 6.45) is 3.60. The molecule has 2 aromatic heterocycles. The van der Waals surface area contributed by atoms with Crippen LogP contribution in [0.3, 0.4) is 0 Å². The molecule has 0 unspecified atom stereocenters. The van der Waals surface area contributed by atoms with Crippen molar-refractivity contribution < 1.29 is 13.2 Å². The molecule has 8 nitrogen and oxygen atoms in total. The molecular formula is C26H29N5O3S. The first-order valence-electron chi connectivity index (χ1n) is 11.7. The van der Waals surface area contributed by atoms with E-state index in [1.807, 2.05) is 31.2 Å². The number of hydrogen-bond donors (Lipinski definition) is 1. The molecule has 2 aromatic carbocycles. The highest BCUT2D eigenvalue weighted by Crippen LogP contribution is 2.25. The number of aromatic nitrogens is 3. The normalized spacial score (nSPS) is 15.5. The molecule has 0 atom stereocenters. The van der Waals surface area contributed by atoms with Gasteiger partial charge in [0.15, 0.2) is 0 Å². The molecule has 1 N–H and O–H groups in total. The van der Waals surface area contributed by atoms with Gasteiger partial charge in [0, 0.05) is 68.0 Å². The van der Waals surface area contributed by atoms with Crippen LogP contribution < -0.4 is 4.74 Å². The van der Waals surface area contributed by atoms with E-state index in [0.29, 0.717) is 31.2 Å². The zero-order valence-electron chi connectivity index (χ0n) is 19.9. The van der Waals surface area contributed by atoms with E-state index in [-0.39, 0.29) is 0 Å². The number of ether oxygens (including phenoxy) is 1. The van der Waals surface area contributed by atoms with E-state index in [9.17, 15) is 8.42 Å². The van der Waals surface area contributed by atoms with E-state index in [4.69, 9.17) is 4.74 Å². The van der Waals surface area contributed by atoms with E-state index in [1.165, 1.54) is 11.8 Å². The van der Waals surface area contributed by atoms with Gasteiger partial charge in [-0.2, -0.15) is 9.29 Å². The van der Waals surface area contributed by atoms with Gasteiger partial charge in [0.05, 0.1) is 6.26 Å². The molecule has 1 aliphatic rings. The van der Waals surface area contributed by atoms with Gasteiger partial charge < -0.3 is 9.72 Å². The van der Waals surface area contributed by atoms with Crippen LogP contribution in [-0.4, -0.2) is 65.0 Å². The minimum atomic E-state index is -3.11. The first-order chi connectivity index (χ1) is 16.8. The van der Waals surface area contributed by atoms with E-state index < -0.39 is 10.0 Å². The summed E-state index contributed by atoms with van der Waals surface area (Å²) in [5.41, 5.74) is 4.51. The number of piperazine rings is 1. The fourth-order valence-corrected chi connectivity index (χ4v) is 5.29. The van der Waals surface area contributed by atoms with Crippen LogP contribution >= 0.6 is 0 Å². The van der Waals surface area contributed by atoms with Gasteiger partial charge in [-0.3, -0.25) is 4.90 Å². The fraction of sp³-hybridized carbons (Fsp3) is 0.308. The van der Waals surface area contributed by atoms with Crippen LogP contribution in [-0.2, 0) is 23.0 Å².